The minimum atomic E-state index is -3.62. The molecule has 2 aromatic carbocycles. The van der Waals surface area contributed by atoms with E-state index in [1.165, 1.54) is 82.7 Å². The fourth-order valence-corrected chi connectivity index (χ4v) is 10.9. The Labute approximate surface area is 424 Å². The first kappa shape index (κ1) is 53.0. The van der Waals surface area contributed by atoms with Gasteiger partial charge in [0.05, 0.1) is 42.2 Å². The van der Waals surface area contributed by atoms with Gasteiger partial charge in [-0.25, -0.2) is 9.37 Å². The maximum absolute atomic E-state index is 15.6. The fraction of sp³-hybridized carbons (Fsp3) is 0.585. The number of rotatable bonds is 23. The zero-order valence-electron chi connectivity index (χ0n) is 42.0. The molecule has 20 heteroatoms. The second-order valence-electron chi connectivity index (χ2n) is 20.1. The van der Waals surface area contributed by atoms with E-state index in [0.717, 1.165) is 86.9 Å². The summed E-state index contributed by atoms with van der Waals surface area (Å²) in [6.07, 6.45) is 20.2. The van der Waals surface area contributed by atoms with E-state index in [2.05, 4.69) is 36.1 Å². The summed E-state index contributed by atoms with van der Waals surface area (Å²) < 4.78 is 51.3. The van der Waals surface area contributed by atoms with Gasteiger partial charge < -0.3 is 35.4 Å². The van der Waals surface area contributed by atoms with E-state index in [0.29, 0.717) is 30.6 Å². The van der Waals surface area contributed by atoms with Gasteiger partial charge in [-0.15, -0.1) is 0 Å². The number of aromatic nitrogens is 2. The van der Waals surface area contributed by atoms with Crippen LogP contribution in [0.5, 0.6) is 5.75 Å². The van der Waals surface area contributed by atoms with Crippen LogP contribution in [0, 0.1) is 5.82 Å². The number of anilines is 5. The van der Waals surface area contributed by atoms with E-state index >= 15 is 13.2 Å². The van der Waals surface area contributed by atoms with Crippen molar-refractivity contribution in [3.05, 3.63) is 59.0 Å². The van der Waals surface area contributed by atoms with Gasteiger partial charge in [0, 0.05) is 56.9 Å². The molecule has 6 amide bonds. The monoisotopic (exact) mass is 1010 g/mol. The Hall–Kier alpha value is -6.31. The molecule has 3 aromatic rings. The van der Waals surface area contributed by atoms with Crippen LogP contribution >= 0.6 is 0 Å². The number of amides is 6. The first-order valence-electron chi connectivity index (χ1n) is 26.3. The molecule has 73 heavy (non-hydrogen) atoms. The molecule has 1 aliphatic carbocycles. The molecule has 4 N–H and O–H groups in total. The quantitative estimate of drug-likeness (QED) is 0.0525. The fourth-order valence-electron chi connectivity index (χ4n) is 10.9. The van der Waals surface area contributed by atoms with E-state index in [9.17, 15) is 28.8 Å². The molecule has 1 atom stereocenters. The highest BCUT2D eigenvalue weighted by atomic mass is 19.3. The maximum atomic E-state index is 15.6. The molecule has 2 saturated heterocycles. The second kappa shape index (κ2) is 24.2. The number of fused-ring (bicyclic) bond motifs is 2. The van der Waals surface area contributed by atoms with Crippen LogP contribution in [-0.4, -0.2) is 126 Å². The van der Waals surface area contributed by atoms with Gasteiger partial charge in [0.15, 0.2) is 5.82 Å². The summed E-state index contributed by atoms with van der Waals surface area (Å²) in [5, 5.41) is 11.5. The van der Waals surface area contributed by atoms with Crippen molar-refractivity contribution in [1.82, 2.24) is 30.4 Å². The van der Waals surface area contributed by atoms with Gasteiger partial charge in [-0.1, -0.05) is 83.1 Å². The van der Waals surface area contributed by atoms with Crippen molar-refractivity contribution >= 4 is 64.3 Å². The summed E-state index contributed by atoms with van der Waals surface area (Å²) in [4.78, 5) is 91.1. The first-order valence-corrected chi connectivity index (χ1v) is 26.3. The highest BCUT2D eigenvalue weighted by Crippen LogP contribution is 2.41. The van der Waals surface area contributed by atoms with Gasteiger partial charge in [0.2, 0.25) is 17.8 Å². The standard InChI is InChI=1S/C53H69F3N10O7/c1-63-42-32-58-52(62-46(42)65(35-18-13-14-19-35)33-53(55,56)51(63)72)60-40-31-38(54)37(30-43(40)73-2)47(68)59-34-24-28-64(29-25-34)27-16-12-10-8-6-4-3-5-7-9-11-15-26-57-39-21-17-20-36-45(39)50(71)66(49(36)70)41-22-23-44(67)61-48(41)69/h17,20-21,30-32,34-35,41,57H,3-16,18-19,22-29,33H2,1-2H3,(H,59,68)(H,58,60,62)(H,61,67,69). The SMILES string of the molecule is COc1cc(C(=O)NC2CCN(CCCCCCCCCCCCCCNc3cccc4c3C(=O)N(C3CCC(=O)NC3=O)C4=O)CC2)c(F)cc1Nc1ncc2c(n1)N(C1CCCC1)CC(F)(F)C(=O)N2C. The number of ether oxygens (including phenoxy) is 1. The van der Waals surface area contributed by atoms with Crippen LogP contribution in [0.2, 0.25) is 0 Å². The Bertz CT molecular complexity index is 2520. The molecule has 4 aliphatic heterocycles. The normalized spacial score (nSPS) is 19.5. The third-order valence-corrected chi connectivity index (χ3v) is 15.0. The predicted octanol–water partition coefficient (Wildman–Crippen LogP) is 8.12. The third-order valence-electron chi connectivity index (χ3n) is 15.0. The van der Waals surface area contributed by atoms with Crippen LogP contribution in [0.3, 0.4) is 0 Å². The lowest BCUT2D eigenvalue weighted by atomic mass is 10.0. The van der Waals surface area contributed by atoms with E-state index in [1.54, 1.807) is 18.2 Å². The van der Waals surface area contributed by atoms with Crippen molar-refractivity contribution in [3.8, 4) is 5.75 Å². The van der Waals surface area contributed by atoms with E-state index in [1.807, 2.05) is 0 Å². The third kappa shape index (κ3) is 12.6. The predicted molar refractivity (Wildman–Crippen MR) is 270 cm³/mol. The molecule has 5 heterocycles. The molecule has 8 rings (SSSR count). The molecule has 0 bridgehead atoms. The minimum absolute atomic E-state index is 0.00481. The highest BCUT2D eigenvalue weighted by Gasteiger charge is 2.49. The number of hydrogen-bond donors (Lipinski definition) is 4. The zero-order chi connectivity index (χ0) is 51.6. The van der Waals surface area contributed by atoms with E-state index in [-0.39, 0.29) is 64.9 Å². The number of benzene rings is 2. The largest absolute Gasteiger partial charge is 0.495 e. The molecule has 3 fully saturated rings. The Morgan fingerprint density at radius 1 is 0.849 bits per heavy atom. The summed E-state index contributed by atoms with van der Waals surface area (Å²) in [5.74, 6) is -7.94. The summed E-state index contributed by atoms with van der Waals surface area (Å²) in [6.45, 7) is 2.57. The minimum Gasteiger partial charge on any atom is -0.495 e. The highest BCUT2D eigenvalue weighted by molar-refractivity contribution is 6.25. The topological polar surface area (TPSA) is 199 Å². The number of likely N-dealkylation sites (tertiary alicyclic amines) is 1. The van der Waals surface area contributed by atoms with Crippen LogP contribution in [-0.2, 0) is 14.4 Å². The van der Waals surface area contributed by atoms with Gasteiger partial charge in [0.25, 0.3) is 23.6 Å². The van der Waals surface area contributed by atoms with Gasteiger partial charge in [-0.2, -0.15) is 13.8 Å². The van der Waals surface area contributed by atoms with Crippen molar-refractivity contribution in [2.24, 2.45) is 0 Å². The van der Waals surface area contributed by atoms with Gasteiger partial charge >= 0.3 is 5.92 Å². The number of hydrogen-bond acceptors (Lipinski definition) is 13. The van der Waals surface area contributed by atoms with Gasteiger partial charge in [-0.3, -0.25) is 39.0 Å². The molecular weight excluding hydrogens is 946 g/mol. The lowest BCUT2D eigenvalue weighted by molar-refractivity contribution is -0.140. The molecule has 17 nitrogen and oxygen atoms in total. The van der Waals surface area contributed by atoms with Crippen molar-refractivity contribution in [3.63, 3.8) is 0 Å². The lowest BCUT2D eigenvalue weighted by Crippen LogP contribution is -2.54. The number of nitrogens with zero attached hydrogens (tertiary/aromatic N) is 6. The van der Waals surface area contributed by atoms with Gasteiger partial charge in [0.1, 0.15) is 23.3 Å². The molecule has 394 valence electrons. The Morgan fingerprint density at radius 3 is 2.19 bits per heavy atom. The average molecular weight is 1020 g/mol. The molecule has 0 spiro atoms. The molecule has 1 saturated carbocycles. The van der Waals surface area contributed by atoms with Crippen LogP contribution in [0.4, 0.5) is 42.0 Å². The van der Waals surface area contributed by atoms with E-state index < -0.39 is 59.8 Å². The first-order chi connectivity index (χ1) is 35.2. The van der Waals surface area contributed by atoms with E-state index in [4.69, 9.17) is 4.74 Å². The van der Waals surface area contributed by atoms with Crippen molar-refractivity contribution in [1.29, 1.82) is 0 Å². The summed E-state index contributed by atoms with van der Waals surface area (Å²) in [7, 11) is 2.67. The van der Waals surface area contributed by atoms with Crippen LogP contribution < -0.4 is 35.8 Å². The number of methoxy groups -OCH3 is 1. The average Bonchev–Trinajstić information content (AvgIpc) is 3.99. The van der Waals surface area contributed by atoms with Gasteiger partial charge in [-0.05, 0) is 69.7 Å². The Kier molecular flexibility index (Phi) is 17.5. The molecule has 1 aromatic heterocycles. The molecule has 1 unspecified atom stereocenters. The number of carbonyl (C=O) groups is 6. The number of imide groups is 2. The molecular formula is C53H69F3N10O7. The maximum Gasteiger partial charge on any atom is 0.342 e. The summed E-state index contributed by atoms with van der Waals surface area (Å²) in [6, 6.07) is 6.28. The zero-order valence-corrected chi connectivity index (χ0v) is 42.0. The summed E-state index contributed by atoms with van der Waals surface area (Å²) in [5.41, 5.74) is 1.29. The summed E-state index contributed by atoms with van der Waals surface area (Å²) >= 11 is 0. The van der Waals surface area contributed by atoms with Crippen LogP contribution in [0.15, 0.2) is 36.5 Å². The smallest absolute Gasteiger partial charge is 0.342 e. The number of unbranched alkanes of at least 4 members (excludes halogenated alkanes) is 11. The molecule has 0 radical (unpaired) electrons. The van der Waals surface area contributed by atoms with Crippen molar-refractivity contribution in [2.45, 2.75) is 152 Å². The molecule has 5 aliphatic rings. The number of halogens is 3. The van der Waals surface area contributed by atoms with Crippen molar-refractivity contribution in [2.75, 3.05) is 67.3 Å². The van der Waals surface area contributed by atoms with Crippen LogP contribution in [0.25, 0.3) is 0 Å². The number of carbonyl (C=O) groups excluding carboxylic acids is 6. The number of nitrogens with one attached hydrogen (secondary N) is 4. The van der Waals surface area contributed by atoms with Crippen LogP contribution in [0.1, 0.15) is 159 Å². The number of alkyl halides is 2. The second-order valence-corrected chi connectivity index (χ2v) is 20.1. The van der Waals surface area contributed by atoms with Crippen molar-refractivity contribution < 1.29 is 46.7 Å². The Balaban J connectivity index is 0.670. The lowest BCUT2D eigenvalue weighted by Gasteiger charge is -2.32. The number of piperidine rings is 2. The Morgan fingerprint density at radius 2 is 1.52 bits per heavy atom.